The van der Waals surface area contributed by atoms with E-state index in [-0.39, 0.29) is 6.42 Å². The quantitative estimate of drug-likeness (QED) is 0.810. The lowest BCUT2D eigenvalue weighted by Gasteiger charge is -2.12. The first-order chi connectivity index (χ1) is 10.1. The second-order valence-electron chi connectivity index (χ2n) is 4.46. The zero-order valence-electron chi connectivity index (χ0n) is 11.6. The van der Waals surface area contributed by atoms with Gasteiger partial charge in [0.2, 0.25) is 6.10 Å². The summed E-state index contributed by atoms with van der Waals surface area (Å²) < 4.78 is 14.9. The number of carbonyl (C=O) groups is 2. The number of carbonyl (C=O) groups excluding carboxylic acids is 2. The number of halogens is 1. The number of esters is 2. The van der Waals surface area contributed by atoms with Crippen LogP contribution >= 0.6 is 11.6 Å². The van der Waals surface area contributed by atoms with Gasteiger partial charge < -0.3 is 19.5 Å². The van der Waals surface area contributed by atoms with Gasteiger partial charge in [-0.15, -0.1) is 0 Å². The topological polar surface area (TPSA) is 73.9 Å². The highest BCUT2D eigenvalue weighted by molar-refractivity contribution is 6.30. The van der Waals surface area contributed by atoms with E-state index >= 15 is 0 Å². The number of cyclic esters (lactones) is 1. The highest BCUT2D eigenvalue weighted by Crippen LogP contribution is 2.27. The molecule has 1 fully saturated rings. The van der Waals surface area contributed by atoms with Gasteiger partial charge in [-0.1, -0.05) is 11.6 Å². The van der Waals surface area contributed by atoms with Crippen LogP contribution in [0.4, 0.5) is 5.69 Å². The minimum Gasteiger partial charge on any atom is -0.495 e. The van der Waals surface area contributed by atoms with E-state index in [1.54, 1.807) is 25.3 Å². The van der Waals surface area contributed by atoms with E-state index in [0.29, 0.717) is 36.0 Å². The normalized spacial score (nSPS) is 17.2. The lowest BCUT2D eigenvalue weighted by atomic mass is 10.2. The van der Waals surface area contributed by atoms with E-state index in [9.17, 15) is 9.59 Å². The van der Waals surface area contributed by atoms with Gasteiger partial charge in [0.25, 0.3) is 0 Å². The molecule has 1 N–H and O–H groups in total. The Morgan fingerprint density at radius 2 is 2.33 bits per heavy atom. The number of benzene rings is 1. The molecule has 114 valence electrons. The van der Waals surface area contributed by atoms with Gasteiger partial charge in [-0.2, -0.15) is 0 Å². The molecule has 0 aliphatic carbocycles. The van der Waals surface area contributed by atoms with Gasteiger partial charge in [-0.05, 0) is 18.2 Å². The van der Waals surface area contributed by atoms with Crippen LogP contribution in [0.25, 0.3) is 0 Å². The number of ether oxygens (including phenoxy) is 3. The van der Waals surface area contributed by atoms with Gasteiger partial charge in [0.15, 0.2) is 0 Å². The van der Waals surface area contributed by atoms with Crippen LogP contribution in [0.3, 0.4) is 0 Å². The molecule has 21 heavy (non-hydrogen) atoms. The molecule has 0 amide bonds. The Hall–Kier alpha value is -1.95. The number of hydrogen-bond donors (Lipinski definition) is 1. The Balaban J connectivity index is 1.80. The molecule has 0 bridgehead atoms. The zero-order valence-corrected chi connectivity index (χ0v) is 12.3. The van der Waals surface area contributed by atoms with E-state index in [1.807, 2.05) is 0 Å². The van der Waals surface area contributed by atoms with Crippen molar-refractivity contribution < 1.29 is 23.8 Å². The summed E-state index contributed by atoms with van der Waals surface area (Å²) in [6, 6.07) is 5.16. The van der Waals surface area contributed by atoms with E-state index in [2.05, 4.69) is 5.32 Å². The van der Waals surface area contributed by atoms with E-state index in [4.69, 9.17) is 25.8 Å². The van der Waals surface area contributed by atoms with E-state index in [0.717, 1.165) is 0 Å². The van der Waals surface area contributed by atoms with Crippen LogP contribution in [0.2, 0.25) is 5.02 Å². The van der Waals surface area contributed by atoms with Crippen molar-refractivity contribution >= 4 is 29.2 Å². The van der Waals surface area contributed by atoms with Crippen LogP contribution < -0.4 is 10.1 Å². The fourth-order valence-corrected chi connectivity index (χ4v) is 2.09. The first kappa shape index (κ1) is 15.4. The summed E-state index contributed by atoms with van der Waals surface area (Å²) in [6.07, 6.45) is -0.224. The molecule has 1 atom stereocenters. The fraction of sp³-hybridized carbons (Fsp3) is 0.429. The molecule has 0 spiro atoms. The number of hydrogen-bond acceptors (Lipinski definition) is 6. The Morgan fingerprint density at radius 1 is 1.52 bits per heavy atom. The first-order valence-corrected chi connectivity index (χ1v) is 6.91. The Morgan fingerprint density at radius 3 is 3.00 bits per heavy atom. The summed E-state index contributed by atoms with van der Waals surface area (Å²) in [5.74, 6) is -0.299. The maximum atomic E-state index is 11.6. The largest absolute Gasteiger partial charge is 0.495 e. The van der Waals surface area contributed by atoms with E-state index < -0.39 is 18.0 Å². The van der Waals surface area contributed by atoms with Crippen LogP contribution in [0.1, 0.15) is 12.8 Å². The maximum Gasteiger partial charge on any atom is 0.347 e. The third-order valence-corrected chi connectivity index (χ3v) is 3.20. The molecule has 1 heterocycles. The smallest absolute Gasteiger partial charge is 0.347 e. The van der Waals surface area contributed by atoms with Crippen LogP contribution in [0.15, 0.2) is 18.2 Å². The molecule has 0 saturated carbocycles. The number of methoxy groups -OCH3 is 1. The van der Waals surface area contributed by atoms with Crippen LogP contribution in [-0.2, 0) is 19.1 Å². The predicted octanol–water partition coefficient (Wildman–Crippen LogP) is 2.01. The lowest BCUT2D eigenvalue weighted by molar-refractivity contribution is -0.160. The van der Waals surface area contributed by atoms with Crippen molar-refractivity contribution in [3.63, 3.8) is 0 Å². The third kappa shape index (κ3) is 4.26. The van der Waals surface area contributed by atoms with Crippen molar-refractivity contribution in [1.29, 1.82) is 0 Å². The Labute approximate surface area is 127 Å². The van der Waals surface area contributed by atoms with Gasteiger partial charge in [0.1, 0.15) is 5.75 Å². The van der Waals surface area contributed by atoms with Crippen molar-refractivity contribution in [2.75, 3.05) is 25.6 Å². The SMILES string of the molecule is COc1ccc(Cl)cc1NCCC(=O)OC1CCOC1=O. The molecule has 1 aromatic rings. The lowest BCUT2D eigenvalue weighted by Crippen LogP contribution is -2.23. The molecule has 0 radical (unpaired) electrons. The fourth-order valence-electron chi connectivity index (χ4n) is 1.92. The first-order valence-electron chi connectivity index (χ1n) is 6.53. The highest BCUT2D eigenvalue weighted by Gasteiger charge is 2.29. The van der Waals surface area contributed by atoms with Gasteiger partial charge in [0.05, 0.1) is 25.8 Å². The molecule has 1 aromatic carbocycles. The highest BCUT2D eigenvalue weighted by atomic mass is 35.5. The van der Waals surface area contributed by atoms with Gasteiger partial charge in [-0.25, -0.2) is 4.79 Å². The summed E-state index contributed by atoms with van der Waals surface area (Å²) in [4.78, 5) is 22.8. The molecule has 1 unspecified atom stereocenters. The van der Waals surface area contributed by atoms with Crippen molar-refractivity contribution in [2.24, 2.45) is 0 Å². The summed E-state index contributed by atoms with van der Waals surface area (Å²) >= 11 is 5.91. The monoisotopic (exact) mass is 313 g/mol. The molecule has 1 saturated heterocycles. The molecule has 6 nitrogen and oxygen atoms in total. The minimum atomic E-state index is -0.766. The second kappa shape index (κ2) is 7.17. The van der Waals surface area contributed by atoms with Gasteiger partial charge in [0, 0.05) is 18.0 Å². The summed E-state index contributed by atoms with van der Waals surface area (Å²) in [5, 5.41) is 3.61. The van der Waals surface area contributed by atoms with Crippen molar-refractivity contribution in [3.05, 3.63) is 23.2 Å². The third-order valence-electron chi connectivity index (χ3n) is 2.97. The van der Waals surface area contributed by atoms with Gasteiger partial charge in [-0.3, -0.25) is 4.79 Å². The summed E-state index contributed by atoms with van der Waals surface area (Å²) in [6.45, 7) is 0.645. The molecule has 0 aromatic heterocycles. The Kier molecular flexibility index (Phi) is 5.27. The van der Waals surface area contributed by atoms with Crippen LogP contribution in [0, 0.1) is 0 Å². The minimum absolute atomic E-state index is 0.124. The van der Waals surface area contributed by atoms with E-state index in [1.165, 1.54) is 0 Å². The number of nitrogens with one attached hydrogen (secondary N) is 1. The van der Waals surface area contributed by atoms with Crippen molar-refractivity contribution in [1.82, 2.24) is 0 Å². The van der Waals surface area contributed by atoms with Crippen molar-refractivity contribution in [3.8, 4) is 5.75 Å². The maximum absolute atomic E-state index is 11.6. The molecular formula is C14H16ClNO5. The standard InChI is InChI=1S/C14H16ClNO5/c1-19-11-3-2-9(15)8-10(11)16-6-4-13(17)21-12-5-7-20-14(12)18/h2-3,8,12,16H,4-7H2,1H3. The molecule has 7 heteroatoms. The van der Waals surface area contributed by atoms with Crippen LogP contribution in [0.5, 0.6) is 5.75 Å². The van der Waals surface area contributed by atoms with Crippen LogP contribution in [-0.4, -0.2) is 38.3 Å². The number of anilines is 1. The average Bonchev–Trinajstić information content (AvgIpc) is 2.84. The molecule has 1 aliphatic heterocycles. The van der Waals surface area contributed by atoms with Gasteiger partial charge >= 0.3 is 11.9 Å². The number of rotatable bonds is 6. The predicted molar refractivity (Wildman–Crippen MR) is 76.6 cm³/mol. The molecule has 1 aliphatic rings. The molecular weight excluding hydrogens is 298 g/mol. The second-order valence-corrected chi connectivity index (χ2v) is 4.89. The zero-order chi connectivity index (χ0) is 15.2. The molecule has 2 rings (SSSR count). The summed E-state index contributed by atoms with van der Waals surface area (Å²) in [7, 11) is 1.55. The van der Waals surface area contributed by atoms with Crippen molar-refractivity contribution in [2.45, 2.75) is 18.9 Å². The summed E-state index contributed by atoms with van der Waals surface area (Å²) in [5.41, 5.74) is 0.693. The Bertz CT molecular complexity index is 534. The average molecular weight is 314 g/mol.